The summed E-state index contributed by atoms with van der Waals surface area (Å²) in [4.78, 5) is 0. The Hall–Kier alpha value is -1.19. The van der Waals surface area contributed by atoms with Gasteiger partial charge in [0.2, 0.25) is 0 Å². The van der Waals surface area contributed by atoms with Crippen molar-refractivity contribution < 1.29 is 4.39 Å². The maximum Gasteiger partial charge on any atom is 0.137 e. The van der Waals surface area contributed by atoms with Gasteiger partial charge in [0.1, 0.15) is 5.82 Å². The second kappa shape index (κ2) is 7.71. The van der Waals surface area contributed by atoms with Gasteiger partial charge in [-0.3, -0.25) is 0 Å². The Morgan fingerprint density at radius 3 is 2.29 bits per heavy atom. The van der Waals surface area contributed by atoms with E-state index in [9.17, 15) is 4.39 Å². The maximum absolute atomic E-state index is 13.4. The highest BCUT2D eigenvalue weighted by molar-refractivity contribution is 9.10. The number of benzene rings is 2. The third-order valence-corrected chi connectivity index (χ3v) is 4.28. The maximum atomic E-state index is 13.4. The molecule has 0 radical (unpaired) electrons. The van der Waals surface area contributed by atoms with Crippen LogP contribution in [0.5, 0.6) is 0 Å². The van der Waals surface area contributed by atoms with Crippen LogP contribution in [0.1, 0.15) is 36.6 Å². The van der Waals surface area contributed by atoms with E-state index >= 15 is 0 Å². The lowest BCUT2D eigenvalue weighted by Crippen LogP contribution is -2.23. The molecule has 0 aliphatic rings. The minimum absolute atomic E-state index is 0.194. The topological polar surface area (TPSA) is 12.0 Å². The third-order valence-electron chi connectivity index (χ3n) is 3.67. The van der Waals surface area contributed by atoms with E-state index in [1.807, 2.05) is 12.1 Å². The van der Waals surface area contributed by atoms with Crippen molar-refractivity contribution in [3.8, 4) is 0 Å². The minimum atomic E-state index is -0.221. The van der Waals surface area contributed by atoms with Gasteiger partial charge >= 0.3 is 0 Å². The molecule has 2 rings (SSSR count). The first-order valence-electron chi connectivity index (χ1n) is 7.40. The Labute approximate surface area is 134 Å². The molecule has 0 aliphatic heterocycles. The summed E-state index contributed by atoms with van der Waals surface area (Å²) in [6, 6.07) is 14.2. The molecule has 0 aliphatic carbocycles. The predicted octanol–water partition coefficient (Wildman–Crippen LogP) is 5.04. The summed E-state index contributed by atoms with van der Waals surface area (Å²) < 4.78 is 13.9. The first-order valence-corrected chi connectivity index (χ1v) is 8.19. The van der Waals surface area contributed by atoms with Crippen molar-refractivity contribution in [1.82, 2.24) is 5.32 Å². The molecule has 3 heteroatoms. The fraction of sp³-hybridized carbons (Fsp3) is 0.333. The van der Waals surface area contributed by atoms with Crippen LogP contribution >= 0.6 is 15.9 Å². The van der Waals surface area contributed by atoms with E-state index in [4.69, 9.17) is 0 Å². The van der Waals surface area contributed by atoms with E-state index in [0.717, 1.165) is 24.9 Å². The van der Waals surface area contributed by atoms with E-state index in [0.29, 0.717) is 4.47 Å². The van der Waals surface area contributed by atoms with Gasteiger partial charge in [-0.15, -0.1) is 0 Å². The van der Waals surface area contributed by atoms with Gasteiger partial charge in [-0.25, -0.2) is 4.39 Å². The average Bonchev–Trinajstić information content (AvgIpc) is 2.50. The molecule has 112 valence electrons. The molecule has 1 unspecified atom stereocenters. The SMILES string of the molecule is CCNC(Cc1ccc(CC)cc1)c1ccc(F)c(Br)c1. The zero-order chi connectivity index (χ0) is 15.2. The van der Waals surface area contributed by atoms with Gasteiger partial charge in [0, 0.05) is 6.04 Å². The molecule has 0 heterocycles. The van der Waals surface area contributed by atoms with Gasteiger partial charge in [0.15, 0.2) is 0 Å². The summed E-state index contributed by atoms with van der Waals surface area (Å²) in [5.74, 6) is -0.221. The number of halogens is 2. The molecule has 0 amide bonds. The van der Waals surface area contributed by atoms with Crippen molar-refractivity contribution in [3.63, 3.8) is 0 Å². The summed E-state index contributed by atoms with van der Waals surface area (Å²) in [6.07, 6.45) is 1.96. The smallest absolute Gasteiger partial charge is 0.137 e. The Morgan fingerprint density at radius 1 is 1.05 bits per heavy atom. The molecule has 0 spiro atoms. The number of hydrogen-bond donors (Lipinski definition) is 1. The zero-order valence-corrected chi connectivity index (χ0v) is 14.1. The highest BCUT2D eigenvalue weighted by atomic mass is 79.9. The lowest BCUT2D eigenvalue weighted by Gasteiger charge is -2.19. The number of likely N-dealkylation sites (N-methyl/N-ethyl adjacent to an activating group) is 1. The van der Waals surface area contributed by atoms with Crippen molar-refractivity contribution in [3.05, 3.63) is 69.4 Å². The first kappa shape index (κ1) is 16.2. The van der Waals surface area contributed by atoms with E-state index in [1.54, 1.807) is 0 Å². The molecule has 0 saturated heterocycles. The zero-order valence-electron chi connectivity index (χ0n) is 12.5. The molecule has 21 heavy (non-hydrogen) atoms. The van der Waals surface area contributed by atoms with Gasteiger partial charge < -0.3 is 5.32 Å². The lowest BCUT2D eigenvalue weighted by molar-refractivity contribution is 0.546. The predicted molar refractivity (Wildman–Crippen MR) is 90.0 cm³/mol. The highest BCUT2D eigenvalue weighted by Gasteiger charge is 2.13. The molecule has 2 aromatic carbocycles. The van der Waals surface area contributed by atoms with E-state index in [1.165, 1.54) is 17.2 Å². The molecular formula is C18H21BrFN. The molecule has 1 N–H and O–H groups in total. The van der Waals surface area contributed by atoms with Gasteiger partial charge in [-0.05, 0) is 64.1 Å². The summed E-state index contributed by atoms with van der Waals surface area (Å²) in [5, 5.41) is 3.48. The summed E-state index contributed by atoms with van der Waals surface area (Å²) in [7, 11) is 0. The van der Waals surface area contributed by atoms with Crippen molar-refractivity contribution in [2.24, 2.45) is 0 Å². The minimum Gasteiger partial charge on any atom is -0.310 e. The van der Waals surface area contributed by atoms with Crippen molar-refractivity contribution >= 4 is 15.9 Å². The van der Waals surface area contributed by atoms with Crippen LogP contribution in [0.25, 0.3) is 0 Å². The quantitative estimate of drug-likeness (QED) is 0.769. The van der Waals surface area contributed by atoms with Crippen LogP contribution < -0.4 is 5.32 Å². The first-order chi connectivity index (χ1) is 10.1. The van der Waals surface area contributed by atoms with Crippen molar-refractivity contribution in [1.29, 1.82) is 0 Å². The summed E-state index contributed by atoms with van der Waals surface area (Å²) in [5.41, 5.74) is 3.74. The molecule has 0 fully saturated rings. The molecule has 2 aromatic rings. The number of rotatable bonds is 6. The third kappa shape index (κ3) is 4.39. The Balaban J connectivity index is 2.19. The average molecular weight is 350 g/mol. The largest absolute Gasteiger partial charge is 0.310 e. The Kier molecular flexibility index (Phi) is 5.95. The standard InChI is InChI=1S/C18H21BrFN/c1-3-13-5-7-14(8-6-13)11-18(21-4-2)15-9-10-17(20)16(19)12-15/h5-10,12,18,21H,3-4,11H2,1-2H3. The van der Waals surface area contributed by atoms with E-state index in [2.05, 4.69) is 59.4 Å². The van der Waals surface area contributed by atoms with Gasteiger partial charge in [0.25, 0.3) is 0 Å². The molecule has 1 nitrogen and oxygen atoms in total. The van der Waals surface area contributed by atoms with Crippen LogP contribution in [0.15, 0.2) is 46.9 Å². The molecule has 0 aromatic heterocycles. The summed E-state index contributed by atoms with van der Waals surface area (Å²) in [6.45, 7) is 5.13. The van der Waals surface area contributed by atoms with Crippen LogP contribution in [-0.4, -0.2) is 6.54 Å². The van der Waals surface area contributed by atoms with Gasteiger partial charge in [-0.1, -0.05) is 44.2 Å². The van der Waals surface area contributed by atoms with Crippen molar-refractivity contribution in [2.75, 3.05) is 6.54 Å². The normalized spacial score (nSPS) is 12.4. The van der Waals surface area contributed by atoms with Crippen LogP contribution in [0.2, 0.25) is 0 Å². The Bertz CT molecular complexity index is 580. The lowest BCUT2D eigenvalue weighted by atomic mass is 9.98. The fourth-order valence-electron chi connectivity index (χ4n) is 2.43. The van der Waals surface area contributed by atoms with E-state index < -0.39 is 0 Å². The number of hydrogen-bond acceptors (Lipinski definition) is 1. The molecule has 0 bridgehead atoms. The van der Waals surface area contributed by atoms with Crippen molar-refractivity contribution in [2.45, 2.75) is 32.7 Å². The van der Waals surface area contributed by atoms with E-state index in [-0.39, 0.29) is 11.9 Å². The Morgan fingerprint density at radius 2 is 1.71 bits per heavy atom. The van der Waals surface area contributed by atoms with Gasteiger partial charge in [0.05, 0.1) is 4.47 Å². The van der Waals surface area contributed by atoms with Crippen LogP contribution in [0, 0.1) is 5.82 Å². The van der Waals surface area contributed by atoms with Crippen LogP contribution in [0.4, 0.5) is 4.39 Å². The molecule has 0 saturated carbocycles. The second-order valence-corrected chi connectivity index (χ2v) is 6.01. The monoisotopic (exact) mass is 349 g/mol. The van der Waals surface area contributed by atoms with Gasteiger partial charge in [-0.2, -0.15) is 0 Å². The highest BCUT2D eigenvalue weighted by Crippen LogP contribution is 2.24. The number of aryl methyl sites for hydroxylation is 1. The second-order valence-electron chi connectivity index (χ2n) is 5.16. The molecule has 1 atom stereocenters. The summed E-state index contributed by atoms with van der Waals surface area (Å²) >= 11 is 3.27. The van der Waals surface area contributed by atoms with Crippen LogP contribution in [-0.2, 0) is 12.8 Å². The van der Waals surface area contributed by atoms with Crippen LogP contribution in [0.3, 0.4) is 0 Å². The number of nitrogens with one attached hydrogen (secondary N) is 1. The fourth-order valence-corrected chi connectivity index (χ4v) is 2.83. The molecular weight excluding hydrogens is 329 g/mol.